The van der Waals surface area contributed by atoms with Crippen molar-refractivity contribution in [1.29, 1.82) is 0 Å². The van der Waals surface area contributed by atoms with E-state index in [9.17, 15) is 4.79 Å². The predicted octanol–water partition coefficient (Wildman–Crippen LogP) is 2.05. The molecule has 1 saturated carbocycles. The molecule has 0 aromatic rings. The Kier molecular flexibility index (Phi) is 4.52. The van der Waals surface area contributed by atoms with E-state index in [2.05, 4.69) is 12.8 Å². The summed E-state index contributed by atoms with van der Waals surface area (Å²) in [5.41, 5.74) is 0. The van der Waals surface area contributed by atoms with E-state index in [1.807, 2.05) is 4.90 Å². The molecule has 1 fully saturated rings. The van der Waals surface area contributed by atoms with Gasteiger partial charge in [0.1, 0.15) is 0 Å². The summed E-state index contributed by atoms with van der Waals surface area (Å²) in [5, 5.41) is 0. The maximum Gasteiger partial charge on any atom is 0.223 e. The Morgan fingerprint density at radius 2 is 2.29 bits per heavy atom. The molecule has 0 radical (unpaired) electrons. The van der Waals surface area contributed by atoms with E-state index in [0.29, 0.717) is 13.0 Å². The second-order valence-corrected chi connectivity index (χ2v) is 4.03. The first-order valence-electron chi connectivity index (χ1n) is 5.49. The summed E-state index contributed by atoms with van der Waals surface area (Å²) in [6, 6.07) is 0. The van der Waals surface area contributed by atoms with E-state index in [4.69, 9.17) is 6.42 Å². The van der Waals surface area contributed by atoms with Crippen molar-refractivity contribution < 1.29 is 4.79 Å². The maximum atomic E-state index is 11.7. The second kappa shape index (κ2) is 5.70. The summed E-state index contributed by atoms with van der Waals surface area (Å²) in [7, 11) is 0. The molecule has 0 heterocycles. The van der Waals surface area contributed by atoms with Gasteiger partial charge in [-0.25, -0.2) is 0 Å². The average Bonchev–Trinajstić information content (AvgIpc) is 2.97. The minimum atomic E-state index is 0.233. The van der Waals surface area contributed by atoms with E-state index >= 15 is 0 Å². The van der Waals surface area contributed by atoms with Crippen LogP contribution in [0.25, 0.3) is 0 Å². The van der Waals surface area contributed by atoms with Crippen molar-refractivity contribution in [1.82, 2.24) is 4.90 Å². The molecule has 0 N–H and O–H groups in total. The van der Waals surface area contributed by atoms with Gasteiger partial charge in [0.05, 0.1) is 6.54 Å². The Labute approximate surface area is 86.7 Å². The Bertz CT molecular complexity index is 225. The molecule has 2 nitrogen and oxygen atoms in total. The molecule has 1 aliphatic carbocycles. The molecule has 0 bridgehead atoms. The third-order valence-electron chi connectivity index (χ3n) is 2.55. The van der Waals surface area contributed by atoms with Crippen LogP contribution in [0.1, 0.15) is 39.0 Å². The molecule has 0 aromatic carbocycles. The number of carbonyl (C=O) groups is 1. The summed E-state index contributed by atoms with van der Waals surface area (Å²) in [4.78, 5) is 13.5. The van der Waals surface area contributed by atoms with Crippen molar-refractivity contribution in [3.63, 3.8) is 0 Å². The Balaban J connectivity index is 2.31. The highest BCUT2D eigenvalue weighted by atomic mass is 16.2. The maximum absolute atomic E-state index is 11.7. The summed E-state index contributed by atoms with van der Waals surface area (Å²) >= 11 is 0. The molecule has 0 spiro atoms. The molecular formula is C12H19NO. The molecule has 1 rings (SSSR count). The van der Waals surface area contributed by atoms with Crippen LogP contribution >= 0.6 is 0 Å². The molecule has 0 aliphatic heterocycles. The number of carbonyl (C=O) groups excluding carboxylic acids is 1. The molecule has 14 heavy (non-hydrogen) atoms. The van der Waals surface area contributed by atoms with Gasteiger partial charge in [0.25, 0.3) is 0 Å². The van der Waals surface area contributed by atoms with Crippen molar-refractivity contribution in [2.45, 2.75) is 39.0 Å². The lowest BCUT2D eigenvalue weighted by Gasteiger charge is -2.19. The highest BCUT2D eigenvalue weighted by Gasteiger charge is 2.25. The van der Waals surface area contributed by atoms with Crippen LogP contribution < -0.4 is 0 Å². The van der Waals surface area contributed by atoms with Crippen LogP contribution in [0.4, 0.5) is 0 Å². The van der Waals surface area contributed by atoms with Crippen molar-refractivity contribution >= 4 is 5.91 Å². The normalized spacial score (nSPS) is 14.9. The van der Waals surface area contributed by atoms with Gasteiger partial charge >= 0.3 is 0 Å². The number of nitrogens with zero attached hydrogens (tertiary/aromatic N) is 1. The molecule has 0 atom stereocenters. The van der Waals surface area contributed by atoms with Gasteiger partial charge in [-0.2, -0.15) is 0 Å². The summed E-state index contributed by atoms with van der Waals surface area (Å²) < 4.78 is 0. The lowest BCUT2D eigenvalue weighted by atomic mass is 10.2. The van der Waals surface area contributed by atoms with Crippen LogP contribution in [0.15, 0.2) is 0 Å². The average molecular weight is 193 g/mol. The van der Waals surface area contributed by atoms with Gasteiger partial charge in [0.15, 0.2) is 0 Å². The fourth-order valence-electron chi connectivity index (χ4n) is 1.46. The zero-order chi connectivity index (χ0) is 10.4. The van der Waals surface area contributed by atoms with Crippen molar-refractivity contribution in [2.75, 3.05) is 13.1 Å². The second-order valence-electron chi connectivity index (χ2n) is 4.03. The molecule has 78 valence electrons. The van der Waals surface area contributed by atoms with Crippen LogP contribution in [-0.4, -0.2) is 23.9 Å². The standard InChI is InChI=1S/C12H19NO/c1-3-5-6-12(14)13(9-4-2)10-11-7-8-11/h2,11H,3,5-10H2,1H3. The predicted molar refractivity (Wildman–Crippen MR) is 57.7 cm³/mol. The largest absolute Gasteiger partial charge is 0.331 e. The number of unbranched alkanes of at least 4 members (excludes halogenated alkanes) is 1. The van der Waals surface area contributed by atoms with Crippen LogP contribution in [0.3, 0.4) is 0 Å². The molecular weight excluding hydrogens is 174 g/mol. The van der Waals surface area contributed by atoms with Crippen LogP contribution in [-0.2, 0) is 4.79 Å². The molecule has 1 aliphatic rings. The van der Waals surface area contributed by atoms with Crippen LogP contribution in [0, 0.1) is 18.3 Å². The van der Waals surface area contributed by atoms with Gasteiger partial charge in [-0.1, -0.05) is 19.3 Å². The van der Waals surface area contributed by atoms with Crippen LogP contribution in [0.2, 0.25) is 0 Å². The molecule has 1 amide bonds. The van der Waals surface area contributed by atoms with Gasteiger partial charge in [-0.3, -0.25) is 4.79 Å². The van der Waals surface area contributed by atoms with Crippen molar-refractivity contribution in [2.24, 2.45) is 5.92 Å². The van der Waals surface area contributed by atoms with Gasteiger partial charge < -0.3 is 4.90 Å². The third kappa shape index (κ3) is 3.83. The van der Waals surface area contributed by atoms with E-state index in [1.165, 1.54) is 12.8 Å². The molecule has 0 aromatic heterocycles. The topological polar surface area (TPSA) is 20.3 Å². The zero-order valence-electron chi connectivity index (χ0n) is 8.96. The lowest BCUT2D eigenvalue weighted by molar-refractivity contribution is -0.130. The third-order valence-corrected chi connectivity index (χ3v) is 2.55. The first-order valence-corrected chi connectivity index (χ1v) is 5.49. The van der Waals surface area contributed by atoms with Gasteiger partial charge in [0, 0.05) is 13.0 Å². The van der Waals surface area contributed by atoms with E-state index in [-0.39, 0.29) is 5.91 Å². The minimum absolute atomic E-state index is 0.233. The Hall–Kier alpha value is -0.970. The van der Waals surface area contributed by atoms with E-state index < -0.39 is 0 Å². The summed E-state index contributed by atoms with van der Waals surface area (Å²) in [6.07, 6.45) is 10.5. The fourth-order valence-corrected chi connectivity index (χ4v) is 1.46. The van der Waals surface area contributed by atoms with Gasteiger partial charge in [-0.15, -0.1) is 6.42 Å². The smallest absolute Gasteiger partial charge is 0.223 e. The van der Waals surface area contributed by atoms with Crippen molar-refractivity contribution in [3.05, 3.63) is 0 Å². The zero-order valence-corrected chi connectivity index (χ0v) is 8.96. The monoisotopic (exact) mass is 193 g/mol. The minimum Gasteiger partial charge on any atom is -0.331 e. The van der Waals surface area contributed by atoms with Crippen molar-refractivity contribution in [3.8, 4) is 12.3 Å². The Morgan fingerprint density at radius 3 is 2.79 bits per heavy atom. The molecule has 2 heteroatoms. The lowest BCUT2D eigenvalue weighted by Crippen LogP contribution is -2.33. The highest BCUT2D eigenvalue weighted by Crippen LogP contribution is 2.29. The highest BCUT2D eigenvalue weighted by molar-refractivity contribution is 5.76. The first kappa shape index (κ1) is 11.1. The molecule has 0 unspecified atom stereocenters. The SMILES string of the molecule is C#CCN(CC1CC1)C(=O)CCCC. The first-order chi connectivity index (χ1) is 6.77. The fraction of sp³-hybridized carbons (Fsp3) is 0.750. The number of hydrogen-bond acceptors (Lipinski definition) is 1. The number of amides is 1. The van der Waals surface area contributed by atoms with E-state index in [0.717, 1.165) is 25.3 Å². The number of rotatable bonds is 6. The van der Waals surface area contributed by atoms with E-state index in [1.54, 1.807) is 0 Å². The summed E-state index contributed by atoms with van der Waals surface area (Å²) in [6.45, 7) is 3.46. The quantitative estimate of drug-likeness (QED) is 0.591. The van der Waals surface area contributed by atoms with Gasteiger partial charge in [0.2, 0.25) is 5.91 Å². The number of terminal acetylenes is 1. The van der Waals surface area contributed by atoms with Crippen LogP contribution in [0.5, 0.6) is 0 Å². The number of hydrogen-bond donors (Lipinski definition) is 0. The Morgan fingerprint density at radius 1 is 1.57 bits per heavy atom. The molecule has 0 saturated heterocycles. The summed E-state index contributed by atoms with van der Waals surface area (Å²) in [5.74, 6) is 3.53. The van der Waals surface area contributed by atoms with Gasteiger partial charge in [-0.05, 0) is 25.2 Å².